The van der Waals surface area contributed by atoms with Crippen LogP contribution in [-0.4, -0.2) is 37.7 Å². The highest BCUT2D eigenvalue weighted by Gasteiger charge is 2.26. The van der Waals surface area contributed by atoms with Crippen molar-refractivity contribution in [2.24, 2.45) is 0 Å². The minimum absolute atomic E-state index is 0.00361. The summed E-state index contributed by atoms with van der Waals surface area (Å²) >= 11 is 13.7. The molecule has 0 aliphatic heterocycles. The number of carbonyl (C=O) groups is 1. The van der Waals surface area contributed by atoms with Crippen LogP contribution in [-0.2, 0) is 10.2 Å². The normalized spacial score (nSPS) is 11.3. The molecule has 158 valence electrons. The van der Waals surface area contributed by atoms with Crippen molar-refractivity contribution in [1.82, 2.24) is 4.72 Å². The first-order valence-corrected chi connectivity index (χ1v) is 11.5. The van der Waals surface area contributed by atoms with Gasteiger partial charge >= 0.3 is 0 Å². The van der Waals surface area contributed by atoms with Crippen LogP contribution < -0.4 is 14.2 Å². The van der Waals surface area contributed by atoms with Gasteiger partial charge in [-0.05, 0) is 48.1 Å². The van der Waals surface area contributed by atoms with Gasteiger partial charge in [-0.25, -0.2) is 0 Å². The van der Waals surface area contributed by atoms with Gasteiger partial charge in [-0.1, -0.05) is 55.6 Å². The van der Waals surface area contributed by atoms with Crippen molar-refractivity contribution in [3.05, 3.63) is 58.6 Å². The lowest BCUT2D eigenvalue weighted by Gasteiger charge is -2.27. The summed E-state index contributed by atoms with van der Waals surface area (Å²) in [5, 5.41) is 0.658. The average Bonchev–Trinajstić information content (AvgIpc) is 2.71. The van der Waals surface area contributed by atoms with E-state index in [1.54, 1.807) is 0 Å². The van der Waals surface area contributed by atoms with E-state index < -0.39 is 0 Å². The summed E-state index contributed by atoms with van der Waals surface area (Å²) in [4.78, 5) is 11.7. The van der Waals surface area contributed by atoms with E-state index in [1.165, 1.54) is 11.9 Å². The third-order valence-electron chi connectivity index (χ3n) is 4.55. The highest BCUT2D eigenvalue weighted by Crippen LogP contribution is 2.38. The molecule has 0 aromatic heterocycles. The number of alkyl halides is 1. The van der Waals surface area contributed by atoms with Crippen molar-refractivity contribution in [2.75, 3.05) is 31.9 Å². The standard InChI is InChI=1S/C22H27Cl2NO3S/c1-22(2,20-10-9-19(13-21(20)24)27-12-4-11-23)16-5-7-18(8-6-16)28-15-17(26)14-25-29-3/h5-10,13,25H,4,11-12,14-15H2,1-3H3. The number of nitrogens with one attached hydrogen (secondary N) is 1. The molecule has 2 aromatic rings. The number of rotatable bonds is 12. The van der Waals surface area contributed by atoms with Gasteiger partial charge in [0.25, 0.3) is 0 Å². The first kappa shape index (κ1) is 23.9. The van der Waals surface area contributed by atoms with Crippen LogP contribution >= 0.6 is 35.1 Å². The molecule has 0 bridgehead atoms. The molecule has 0 saturated carbocycles. The molecule has 0 spiro atoms. The number of halogens is 2. The van der Waals surface area contributed by atoms with E-state index in [-0.39, 0.29) is 24.3 Å². The molecule has 2 rings (SSSR count). The number of hydrogen-bond donors (Lipinski definition) is 1. The maximum atomic E-state index is 11.7. The van der Waals surface area contributed by atoms with Crippen LogP contribution in [0, 0.1) is 0 Å². The quantitative estimate of drug-likeness (QED) is 0.260. The second-order valence-electron chi connectivity index (χ2n) is 7.03. The van der Waals surface area contributed by atoms with Crippen LogP contribution in [0.25, 0.3) is 0 Å². The Bertz CT molecular complexity index is 797. The molecule has 0 aliphatic carbocycles. The Morgan fingerprint density at radius 3 is 2.41 bits per heavy atom. The zero-order valence-electron chi connectivity index (χ0n) is 17.0. The fraction of sp³-hybridized carbons (Fsp3) is 0.409. The summed E-state index contributed by atoms with van der Waals surface area (Å²) in [7, 11) is 0. The second-order valence-corrected chi connectivity index (χ2v) is 8.52. The fourth-order valence-corrected chi connectivity index (χ4v) is 3.65. The maximum Gasteiger partial charge on any atom is 0.184 e. The lowest BCUT2D eigenvalue weighted by Crippen LogP contribution is -2.22. The molecule has 0 aliphatic rings. The predicted octanol–water partition coefficient (Wildman–Crippen LogP) is 5.49. The maximum absolute atomic E-state index is 11.7. The van der Waals surface area contributed by atoms with Gasteiger partial charge in [0, 0.05) is 16.3 Å². The Labute approximate surface area is 187 Å². The zero-order valence-corrected chi connectivity index (χ0v) is 19.3. The zero-order chi connectivity index (χ0) is 21.3. The molecule has 0 atom stereocenters. The summed E-state index contributed by atoms with van der Waals surface area (Å²) in [6.07, 6.45) is 2.67. The molecule has 0 radical (unpaired) electrons. The lowest BCUT2D eigenvalue weighted by molar-refractivity contribution is -0.119. The van der Waals surface area contributed by atoms with Gasteiger partial charge in [0.2, 0.25) is 0 Å². The fourth-order valence-electron chi connectivity index (χ4n) is 2.83. The van der Waals surface area contributed by atoms with E-state index in [2.05, 4.69) is 18.6 Å². The molecule has 7 heteroatoms. The summed E-state index contributed by atoms with van der Waals surface area (Å²) in [6.45, 7) is 5.15. The Morgan fingerprint density at radius 1 is 1.10 bits per heavy atom. The number of ketones is 1. The molecule has 29 heavy (non-hydrogen) atoms. The largest absolute Gasteiger partial charge is 0.494 e. The van der Waals surface area contributed by atoms with E-state index in [9.17, 15) is 4.79 Å². The van der Waals surface area contributed by atoms with Crippen molar-refractivity contribution in [2.45, 2.75) is 25.7 Å². The first-order valence-electron chi connectivity index (χ1n) is 9.38. The van der Waals surface area contributed by atoms with Gasteiger partial charge in [0.1, 0.15) is 18.1 Å². The molecule has 1 N–H and O–H groups in total. The van der Waals surface area contributed by atoms with E-state index in [1.807, 2.05) is 48.7 Å². The average molecular weight is 456 g/mol. The Morgan fingerprint density at radius 2 is 1.79 bits per heavy atom. The molecular weight excluding hydrogens is 429 g/mol. The SMILES string of the molecule is CSNCC(=O)COc1ccc(C(C)(C)c2ccc(OCCCCl)cc2Cl)cc1. The van der Waals surface area contributed by atoms with Crippen LogP contribution in [0.2, 0.25) is 5.02 Å². The van der Waals surface area contributed by atoms with E-state index >= 15 is 0 Å². The van der Waals surface area contributed by atoms with E-state index in [4.69, 9.17) is 32.7 Å². The van der Waals surface area contributed by atoms with Crippen molar-refractivity contribution in [3.63, 3.8) is 0 Å². The van der Waals surface area contributed by atoms with Crippen molar-refractivity contribution in [1.29, 1.82) is 0 Å². The summed E-state index contributed by atoms with van der Waals surface area (Å²) < 4.78 is 14.2. The molecule has 0 heterocycles. The molecule has 0 amide bonds. The number of ether oxygens (including phenoxy) is 2. The van der Waals surface area contributed by atoms with Gasteiger partial charge in [0.15, 0.2) is 5.78 Å². The van der Waals surface area contributed by atoms with Gasteiger partial charge < -0.3 is 9.47 Å². The van der Waals surface area contributed by atoms with Crippen LogP contribution in [0.3, 0.4) is 0 Å². The van der Waals surface area contributed by atoms with Crippen LogP contribution in [0.4, 0.5) is 0 Å². The van der Waals surface area contributed by atoms with Crippen molar-refractivity contribution < 1.29 is 14.3 Å². The van der Waals surface area contributed by atoms with Crippen LogP contribution in [0.15, 0.2) is 42.5 Å². The topological polar surface area (TPSA) is 47.6 Å². The first-order chi connectivity index (χ1) is 13.9. The number of Topliss-reactive ketones (excluding diaryl/α,β-unsaturated/α-hetero) is 1. The third-order valence-corrected chi connectivity index (χ3v) is 5.56. The Balaban J connectivity index is 2.05. The van der Waals surface area contributed by atoms with E-state index in [0.29, 0.717) is 23.3 Å². The van der Waals surface area contributed by atoms with E-state index in [0.717, 1.165) is 23.3 Å². The molecule has 0 unspecified atom stereocenters. The van der Waals surface area contributed by atoms with Crippen LogP contribution in [0.5, 0.6) is 11.5 Å². The third kappa shape index (κ3) is 7.10. The van der Waals surface area contributed by atoms with Crippen molar-refractivity contribution in [3.8, 4) is 11.5 Å². The minimum Gasteiger partial charge on any atom is -0.494 e. The Hall–Kier alpha value is -1.40. The highest BCUT2D eigenvalue weighted by atomic mass is 35.5. The molecule has 0 saturated heterocycles. The summed E-state index contributed by atoms with van der Waals surface area (Å²) in [6, 6.07) is 13.5. The predicted molar refractivity (Wildman–Crippen MR) is 123 cm³/mol. The smallest absolute Gasteiger partial charge is 0.184 e. The number of benzene rings is 2. The van der Waals surface area contributed by atoms with Gasteiger partial charge in [0.05, 0.1) is 13.2 Å². The van der Waals surface area contributed by atoms with Gasteiger partial charge in [-0.3, -0.25) is 9.52 Å². The number of carbonyl (C=O) groups excluding carboxylic acids is 1. The van der Waals surface area contributed by atoms with Gasteiger partial charge in [-0.15, -0.1) is 11.6 Å². The van der Waals surface area contributed by atoms with Crippen molar-refractivity contribution >= 4 is 40.9 Å². The second kappa shape index (κ2) is 11.7. The van der Waals surface area contributed by atoms with Crippen LogP contribution in [0.1, 0.15) is 31.4 Å². The Kier molecular flexibility index (Phi) is 9.63. The molecule has 2 aromatic carbocycles. The summed E-state index contributed by atoms with van der Waals surface area (Å²) in [5.41, 5.74) is 1.80. The van der Waals surface area contributed by atoms with Gasteiger partial charge in [-0.2, -0.15) is 0 Å². The minimum atomic E-state index is -0.303. The lowest BCUT2D eigenvalue weighted by atomic mass is 9.78. The monoisotopic (exact) mass is 455 g/mol. The molecular formula is C22H27Cl2NO3S. The number of hydrogen-bond acceptors (Lipinski definition) is 5. The molecule has 4 nitrogen and oxygen atoms in total. The molecule has 0 fully saturated rings. The summed E-state index contributed by atoms with van der Waals surface area (Å²) in [5.74, 6) is 1.98. The highest BCUT2D eigenvalue weighted by molar-refractivity contribution is 7.96.